The third-order valence-electron chi connectivity index (χ3n) is 2.72. The van der Waals surface area contributed by atoms with E-state index in [2.05, 4.69) is 11.4 Å². The summed E-state index contributed by atoms with van der Waals surface area (Å²) in [6, 6.07) is 4.02. The maximum atomic E-state index is 11.1. The van der Waals surface area contributed by atoms with Gasteiger partial charge >= 0.3 is 5.97 Å². The van der Waals surface area contributed by atoms with Crippen LogP contribution in [0, 0.1) is 0 Å². The number of thiophene rings is 1. The molecule has 0 aliphatic rings. The summed E-state index contributed by atoms with van der Waals surface area (Å²) < 4.78 is 5.73. The molecule has 0 aliphatic carbocycles. The van der Waals surface area contributed by atoms with E-state index in [0.29, 0.717) is 13.0 Å². The van der Waals surface area contributed by atoms with Crippen molar-refractivity contribution >= 4 is 28.9 Å². The van der Waals surface area contributed by atoms with Crippen LogP contribution in [0.1, 0.15) is 37.5 Å². The lowest BCUT2D eigenvalue weighted by atomic mass is 10.2. The second-order valence-corrected chi connectivity index (χ2v) is 6.12. The van der Waals surface area contributed by atoms with Gasteiger partial charge in [-0.3, -0.25) is 4.79 Å². The van der Waals surface area contributed by atoms with Crippen molar-refractivity contribution in [3.05, 3.63) is 21.3 Å². The van der Waals surface area contributed by atoms with Crippen LogP contribution in [-0.2, 0) is 16.0 Å². The number of nitrogens with one attached hydrogen (secondary N) is 1. The molecule has 1 rings (SSSR count). The highest BCUT2D eigenvalue weighted by molar-refractivity contribution is 7.16. The highest BCUT2D eigenvalue weighted by atomic mass is 35.5. The first-order valence-corrected chi connectivity index (χ1v) is 8.02. The zero-order valence-corrected chi connectivity index (χ0v) is 13.0. The number of hydrogen-bond acceptors (Lipinski definition) is 4. The van der Waals surface area contributed by atoms with Gasteiger partial charge in [-0.25, -0.2) is 0 Å². The van der Waals surface area contributed by atoms with Crippen molar-refractivity contribution < 1.29 is 9.53 Å². The molecular weight excluding hydrogens is 282 g/mol. The molecule has 0 atom stereocenters. The van der Waals surface area contributed by atoms with Gasteiger partial charge in [-0.15, -0.1) is 11.3 Å². The van der Waals surface area contributed by atoms with E-state index in [9.17, 15) is 4.79 Å². The van der Waals surface area contributed by atoms with Crippen LogP contribution in [0.5, 0.6) is 0 Å². The van der Waals surface area contributed by atoms with E-state index in [1.807, 2.05) is 13.0 Å². The number of halogens is 1. The summed E-state index contributed by atoms with van der Waals surface area (Å²) in [4.78, 5) is 12.4. The minimum Gasteiger partial charge on any atom is -0.466 e. The predicted octanol–water partition coefficient (Wildman–Crippen LogP) is 3.66. The Labute approximate surface area is 124 Å². The van der Waals surface area contributed by atoms with E-state index in [4.69, 9.17) is 16.3 Å². The van der Waals surface area contributed by atoms with Gasteiger partial charge in [-0.05, 0) is 51.4 Å². The molecule has 0 amide bonds. The number of unbranched alkanes of at least 4 members (excludes halogenated alkanes) is 2. The summed E-state index contributed by atoms with van der Waals surface area (Å²) in [7, 11) is 0. The van der Waals surface area contributed by atoms with Crippen molar-refractivity contribution in [2.45, 2.75) is 39.0 Å². The predicted molar refractivity (Wildman–Crippen MR) is 81.0 cm³/mol. The van der Waals surface area contributed by atoms with Gasteiger partial charge in [0.1, 0.15) is 0 Å². The normalized spacial score (nSPS) is 10.6. The fourth-order valence-electron chi connectivity index (χ4n) is 1.75. The van der Waals surface area contributed by atoms with Crippen LogP contribution in [0.4, 0.5) is 0 Å². The smallest absolute Gasteiger partial charge is 0.305 e. The maximum Gasteiger partial charge on any atom is 0.305 e. The van der Waals surface area contributed by atoms with Crippen molar-refractivity contribution in [2.24, 2.45) is 0 Å². The van der Waals surface area contributed by atoms with Crippen LogP contribution in [0.2, 0.25) is 4.34 Å². The van der Waals surface area contributed by atoms with Crippen LogP contribution in [-0.4, -0.2) is 25.7 Å². The van der Waals surface area contributed by atoms with Gasteiger partial charge in [-0.2, -0.15) is 0 Å². The lowest BCUT2D eigenvalue weighted by molar-refractivity contribution is -0.143. The number of rotatable bonds is 10. The highest BCUT2D eigenvalue weighted by Gasteiger charge is 2.00. The van der Waals surface area contributed by atoms with Crippen LogP contribution >= 0.6 is 22.9 Å². The molecule has 0 fully saturated rings. The summed E-state index contributed by atoms with van der Waals surface area (Å²) >= 11 is 7.51. The molecule has 1 N–H and O–H groups in total. The topological polar surface area (TPSA) is 38.3 Å². The number of carbonyl (C=O) groups excluding carboxylic acids is 1. The Balaban J connectivity index is 1.87. The second kappa shape index (κ2) is 10.2. The number of esters is 1. The fraction of sp³-hybridized carbons (Fsp3) is 0.643. The van der Waals surface area contributed by atoms with Gasteiger partial charge in [0.2, 0.25) is 0 Å². The third kappa shape index (κ3) is 8.24. The van der Waals surface area contributed by atoms with Crippen LogP contribution < -0.4 is 5.32 Å². The maximum absolute atomic E-state index is 11.1. The fourth-order valence-corrected chi connectivity index (χ4v) is 2.84. The quantitative estimate of drug-likeness (QED) is 0.529. The Kier molecular flexibility index (Phi) is 8.88. The monoisotopic (exact) mass is 303 g/mol. The lowest BCUT2D eigenvalue weighted by Crippen LogP contribution is -2.18. The van der Waals surface area contributed by atoms with Crippen LogP contribution in [0.15, 0.2) is 12.1 Å². The summed E-state index contributed by atoms with van der Waals surface area (Å²) in [6.07, 6.45) is 4.66. The van der Waals surface area contributed by atoms with Crippen LogP contribution in [0.25, 0.3) is 0 Å². The van der Waals surface area contributed by atoms with Gasteiger partial charge < -0.3 is 10.1 Å². The zero-order chi connectivity index (χ0) is 13.9. The van der Waals surface area contributed by atoms with Gasteiger partial charge in [-0.1, -0.05) is 18.0 Å². The molecule has 108 valence electrons. The molecule has 0 unspecified atom stereocenters. The molecule has 1 aromatic heterocycles. The molecule has 3 nitrogen and oxygen atoms in total. The van der Waals surface area contributed by atoms with Gasteiger partial charge in [0.15, 0.2) is 0 Å². The van der Waals surface area contributed by atoms with Crippen molar-refractivity contribution in [2.75, 3.05) is 19.7 Å². The molecule has 19 heavy (non-hydrogen) atoms. The van der Waals surface area contributed by atoms with E-state index >= 15 is 0 Å². The van der Waals surface area contributed by atoms with Gasteiger partial charge in [0.25, 0.3) is 0 Å². The van der Waals surface area contributed by atoms with Gasteiger partial charge in [0, 0.05) is 11.3 Å². The van der Waals surface area contributed by atoms with Crippen molar-refractivity contribution in [1.29, 1.82) is 0 Å². The second-order valence-electron chi connectivity index (χ2n) is 4.32. The van der Waals surface area contributed by atoms with Gasteiger partial charge in [0.05, 0.1) is 10.9 Å². The van der Waals surface area contributed by atoms with E-state index in [0.717, 1.165) is 43.1 Å². The average Bonchev–Trinajstić information content (AvgIpc) is 2.79. The minimum absolute atomic E-state index is 0.0787. The standard InChI is InChI=1S/C14H22ClNO2S/c1-2-18-14(17)6-4-3-5-10-16-11-9-12-7-8-13(15)19-12/h7-8,16H,2-6,9-11H2,1H3. The Bertz CT molecular complexity index is 368. The third-order valence-corrected chi connectivity index (χ3v) is 4.01. The van der Waals surface area contributed by atoms with E-state index in [-0.39, 0.29) is 5.97 Å². The molecule has 0 aromatic carbocycles. The average molecular weight is 304 g/mol. The number of carbonyl (C=O) groups is 1. The molecule has 0 radical (unpaired) electrons. The highest BCUT2D eigenvalue weighted by Crippen LogP contribution is 2.21. The van der Waals surface area contributed by atoms with Crippen LogP contribution in [0.3, 0.4) is 0 Å². The molecule has 0 saturated heterocycles. The largest absolute Gasteiger partial charge is 0.466 e. The SMILES string of the molecule is CCOC(=O)CCCCCNCCc1ccc(Cl)s1. The molecule has 0 aliphatic heterocycles. The summed E-state index contributed by atoms with van der Waals surface area (Å²) in [6.45, 7) is 4.30. The summed E-state index contributed by atoms with van der Waals surface area (Å²) in [5.74, 6) is -0.0787. The number of ether oxygens (including phenoxy) is 1. The van der Waals surface area contributed by atoms with E-state index in [1.54, 1.807) is 11.3 Å². The minimum atomic E-state index is -0.0787. The Hall–Kier alpha value is -0.580. The molecule has 0 saturated carbocycles. The van der Waals surface area contributed by atoms with Crippen molar-refractivity contribution in [3.8, 4) is 0 Å². The molecule has 5 heteroatoms. The first-order valence-electron chi connectivity index (χ1n) is 6.83. The Morgan fingerprint density at radius 2 is 2.16 bits per heavy atom. The molecular formula is C14H22ClNO2S. The number of hydrogen-bond donors (Lipinski definition) is 1. The van der Waals surface area contributed by atoms with Crippen molar-refractivity contribution in [3.63, 3.8) is 0 Å². The zero-order valence-electron chi connectivity index (χ0n) is 11.4. The lowest BCUT2D eigenvalue weighted by Gasteiger charge is -2.04. The first kappa shape index (κ1) is 16.5. The summed E-state index contributed by atoms with van der Waals surface area (Å²) in [5, 5.41) is 3.40. The van der Waals surface area contributed by atoms with Crippen molar-refractivity contribution in [1.82, 2.24) is 5.32 Å². The Morgan fingerprint density at radius 1 is 1.32 bits per heavy atom. The molecule has 0 bridgehead atoms. The Morgan fingerprint density at radius 3 is 2.84 bits per heavy atom. The summed E-state index contributed by atoms with van der Waals surface area (Å²) in [5.41, 5.74) is 0. The first-order chi connectivity index (χ1) is 9.22. The molecule has 0 spiro atoms. The van der Waals surface area contributed by atoms with E-state index < -0.39 is 0 Å². The van der Waals surface area contributed by atoms with E-state index in [1.165, 1.54) is 4.88 Å². The molecule has 1 heterocycles. The molecule has 1 aromatic rings.